The van der Waals surface area contributed by atoms with E-state index in [-0.39, 0.29) is 11.8 Å². The van der Waals surface area contributed by atoms with Crippen LogP contribution in [0.5, 0.6) is 0 Å². The number of carbonyl (C=O) groups is 2. The molecule has 0 saturated carbocycles. The molecule has 0 heterocycles. The number of hydrogen-bond acceptors (Lipinski definition) is 3. The average molecular weight is 477 g/mol. The van der Waals surface area contributed by atoms with Crippen LogP contribution in [0.4, 0.5) is 0 Å². The van der Waals surface area contributed by atoms with Crippen molar-refractivity contribution >= 4 is 39.5 Å². The van der Waals surface area contributed by atoms with Gasteiger partial charge in [-0.15, -0.1) is 11.8 Å². The Morgan fingerprint density at radius 1 is 1.03 bits per heavy atom. The summed E-state index contributed by atoms with van der Waals surface area (Å²) < 4.78 is 0.956. The number of nitrogens with one attached hydrogen (secondary N) is 1. The summed E-state index contributed by atoms with van der Waals surface area (Å²) in [5, 5.41) is 2.95. The monoisotopic (exact) mass is 476 g/mol. The minimum atomic E-state index is -0.530. The molecular formula is C23H29BrN2O2S. The van der Waals surface area contributed by atoms with Crippen molar-refractivity contribution in [3.8, 4) is 0 Å². The van der Waals surface area contributed by atoms with Crippen molar-refractivity contribution in [1.82, 2.24) is 10.2 Å². The molecule has 2 aromatic rings. The number of halogens is 1. The lowest BCUT2D eigenvalue weighted by Crippen LogP contribution is -2.48. The molecule has 0 spiro atoms. The van der Waals surface area contributed by atoms with Crippen LogP contribution in [0.25, 0.3) is 0 Å². The molecule has 29 heavy (non-hydrogen) atoms. The highest BCUT2D eigenvalue weighted by atomic mass is 79.9. The first-order chi connectivity index (χ1) is 13.9. The maximum Gasteiger partial charge on any atom is 0.242 e. The first-order valence-corrected chi connectivity index (χ1v) is 11.7. The van der Waals surface area contributed by atoms with Crippen molar-refractivity contribution < 1.29 is 9.59 Å². The Labute approximate surface area is 186 Å². The molecule has 0 radical (unpaired) electrons. The van der Waals surface area contributed by atoms with Gasteiger partial charge < -0.3 is 10.2 Å². The number of hydrogen-bond donors (Lipinski definition) is 1. The van der Waals surface area contributed by atoms with E-state index in [1.807, 2.05) is 42.5 Å². The quantitative estimate of drug-likeness (QED) is 0.531. The van der Waals surface area contributed by atoms with E-state index < -0.39 is 6.04 Å². The zero-order valence-corrected chi connectivity index (χ0v) is 19.6. The van der Waals surface area contributed by atoms with Crippen molar-refractivity contribution in [3.05, 3.63) is 70.2 Å². The highest BCUT2D eigenvalue weighted by molar-refractivity contribution is 9.10. The second kappa shape index (κ2) is 12.0. The van der Waals surface area contributed by atoms with Crippen molar-refractivity contribution in [1.29, 1.82) is 0 Å². The molecule has 6 heteroatoms. The van der Waals surface area contributed by atoms with Crippen LogP contribution in [0.1, 0.15) is 31.9 Å². The van der Waals surface area contributed by atoms with E-state index in [0.29, 0.717) is 24.8 Å². The van der Waals surface area contributed by atoms with Crippen LogP contribution in [0.2, 0.25) is 0 Å². The van der Waals surface area contributed by atoms with Crippen LogP contribution < -0.4 is 5.32 Å². The molecule has 4 nitrogen and oxygen atoms in total. The minimum absolute atomic E-state index is 0.0295. The lowest BCUT2D eigenvalue weighted by atomic mass is 10.1. The molecular weight excluding hydrogens is 448 g/mol. The van der Waals surface area contributed by atoms with Gasteiger partial charge in [0, 0.05) is 23.3 Å². The van der Waals surface area contributed by atoms with E-state index in [4.69, 9.17) is 0 Å². The smallest absolute Gasteiger partial charge is 0.242 e. The number of carbonyl (C=O) groups excluding carboxylic acids is 2. The molecule has 0 aromatic heterocycles. The van der Waals surface area contributed by atoms with Crippen LogP contribution >= 0.6 is 27.7 Å². The third kappa shape index (κ3) is 8.23. The molecule has 0 aliphatic carbocycles. The molecule has 156 valence electrons. The van der Waals surface area contributed by atoms with Crippen LogP contribution in [-0.4, -0.2) is 35.1 Å². The highest BCUT2D eigenvalue weighted by Gasteiger charge is 2.26. The van der Waals surface area contributed by atoms with Crippen LogP contribution in [0.15, 0.2) is 59.1 Å². The Kier molecular flexibility index (Phi) is 9.74. The number of rotatable bonds is 10. The number of nitrogens with zero attached hydrogens (tertiary/aromatic N) is 1. The lowest BCUT2D eigenvalue weighted by Gasteiger charge is -2.29. The normalized spacial score (nSPS) is 11.9. The topological polar surface area (TPSA) is 49.4 Å². The fourth-order valence-corrected chi connectivity index (χ4v) is 4.10. The summed E-state index contributed by atoms with van der Waals surface area (Å²) in [5.74, 6) is 1.32. The molecule has 2 aromatic carbocycles. The maximum absolute atomic E-state index is 13.0. The molecule has 1 atom stereocenters. The van der Waals surface area contributed by atoms with Gasteiger partial charge in [0.2, 0.25) is 11.8 Å². The number of benzene rings is 2. The third-order valence-corrected chi connectivity index (χ3v) is 5.91. The molecule has 0 bridgehead atoms. The summed E-state index contributed by atoms with van der Waals surface area (Å²) in [7, 11) is 0. The van der Waals surface area contributed by atoms with Gasteiger partial charge in [0.05, 0.1) is 5.75 Å². The third-order valence-electron chi connectivity index (χ3n) is 4.43. The zero-order valence-electron chi connectivity index (χ0n) is 17.2. The second-order valence-corrected chi connectivity index (χ2v) is 9.35. The summed E-state index contributed by atoms with van der Waals surface area (Å²) in [6.07, 6.45) is 0. The maximum atomic E-state index is 13.0. The fraction of sp³-hybridized carbons (Fsp3) is 0.391. The molecule has 2 amide bonds. The Bertz CT molecular complexity index is 798. The van der Waals surface area contributed by atoms with Gasteiger partial charge >= 0.3 is 0 Å². The zero-order chi connectivity index (χ0) is 21.2. The first-order valence-electron chi connectivity index (χ1n) is 9.80. The minimum Gasteiger partial charge on any atom is -0.354 e. The molecule has 2 rings (SSSR count). The number of thioether (sulfide) groups is 1. The van der Waals surface area contributed by atoms with Gasteiger partial charge in [0.25, 0.3) is 0 Å². The van der Waals surface area contributed by atoms with Gasteiger partial charge in [-0.2, -0.15) is 0 Å². The summed E-state index contributed by atoms with van der Waals surface area (Å²) in [6.45, 7) is 6.91. The van der Waals surface area contributed by atoms with Crippen LogP contribution in [0, 0.1) is 5.92 Å². The SMILES string of the molecule is CC(C)CNC(=O)[C@@H](C)N(Cc1cccc(Br)c1)C(=O)CSCc1ccccc1. The van der Waals surface area contributed by atoms with E-state index in [0.717, 1.165) is 15.8 Å². The molecule has 0 aliphatic rings. The average Bonchev–Trinajstić information content (AvgIpc) is 2.70. The standard InChI is InChI=1S/C23H29BrN2O2S/c1-17(2)13-25-23(28)18(3)26(14-20-10-7-11-21(24)12-20)22(27)16-29-15-19-8-5-4-6-9-19/h4-12,17-18H,13-16H2,1-3H3,(H,25,28)/t18-/m1/s1. The van der Waals surface area contributed by atoms with Crippen molar-refractivity contribution in [3.63, 3.8) is 0 Å². The molecule has 0 fully saturated rings. The van der Waals surface area contributed by atoms with Crippen molar-refractivity contribution in [2.45, 2.75) is 39.1 Å². The van der Waals surface area contributed by atoms with Crippen molar-refractivity contribution in [2.24, 2.45) is 5.92 Å². The van der Waals surface area contributed by atoms with Gasteiger partial charge in [0.15, 0.2) is 0 Å². The largest absolute Gasteiger partial charge is 0.354 e. The Balaban J connectivity index is 2.05. The lowest BCUT2D eigenvalue weighted by molar-refractivity contribution is -0.138. The molecule has 1 N–H and O–H groups in total. The van der Waals surface area contributed by atoms with E-state index in [1.165, 1.54) is 5.56 Å². The van der Waals surface area contributed by atoms with Crippen LogP contribution in [0.3, 0.4) is 0 Å². The van der Waals surface area contributed by atoms with Gasteiger partial charge in [-0.1, -0.05) is 72.2 Å². The van der Waals surface area contributed by atoms with Crippen LogP contribution in [-0.2, 0) is 21.9 Å². The van der Waals surface area contributed by atoms with E-state index in [9.17, 15) is 9.59 Å². The second-order valence-electron chi connectivity index (χ2n) is 7.44. The van der Waals surface area contributed by atoms with E-state index in [2.05, 4.69) is 47.2 Å². The summed E-state index contributed by atoms with van der Waals surface area (Å²) in [6, 6.07) is 17.4. The molecule has 0 aliphatic heterocycles. The fourth-order valence-electron chi connectivity index (χ4n) is 2.78. The number of amides is 2. The first kappa shape index (κ1) is 23.5. The Morgan fingerprint density at radius 3 is 2.38 bits per heavy atom. The summed E-state index contributed by atoms with van der Waals surface area (Å²) in [5.41, 5.74) is 2.18. The summed E-state index contributed by atoms with van der Waals surface area (Å²) >= 11 is 5.05. The molecule has 0 unspecified atom stereocenters. The van der Waals surface area contributed by atoms with Gasteiger partial charge in [-0.25, -0.2) is 0 Å². The van der Waals surface area contributed by atoms with Gasteiger partial charge in [-0.05, 0) is 36.1 Å². The Morgan fingerprint density at radius 2 is 1.72 bits per heavy atom. The van der Waals surface area contributed by atoms with Gasteiger partial charge in [-0.3, -0.25) is 9.59 Å². The van der Waals surface area contributed by atoms with E-state index >= 15 is 0 Å². The van der Waals surface area contributed by atoms with E-state index in [1.54, 1.807) is 23.6 Å². The summed E-state index contributed by atoms with van der Waals surface area (Å²) in [4.78, 5) is 27.3. The molecule has 0 saturated heterocycles. The highest BCUT2D eigenvalue weighted by Crippen LogP contribution is 2.18. The Hall–Kier alpha value is -1.79. The predicted octanol–water partition coefficient (Wildman–Crippen LogP) is 4.87. The van der Waals surface area contributed by atoms with Gasteiger partial charge in [0.1, 0.15) is 6.04 Å². The predicted molar refractivity (Wildman–Crippen MR) is 125 cm³/mol. The van der Waals surface area contributed by atoms with Crippen molar-refractivity contribution in [2.75, 3.05) is 12.3 Å².